The molecule has 104 valence electrons. The van der Waals surface area contributed by atoms with Crippen molar-refractivity contribution in [2.45, 2.75) is 6.92 Å². The van der Waals surface area contributed by atoms with Crippen molar-refractivity contribution in [3.63, 3.8) is 0 Å². The van der Waals surface area contributed by atoms with Crippen molar-refractivity contribution in [1.29, 1.82) is 0 Å². The fourth-order valence-electron chi connectivity index (χ4n) is 2.14. The summed E-state index contributed by atoms with van der Waals surface area (Å²) >= 11 is 0. The lowest BCUT2D eigenvalue weighted by Crippen LogP contribution is -2.06. The van der Waals surface area contributed by atoms with Gasteiger partial charge in [0, 0.05) is 23.6 Å². The minimum atomic E-state index is -0.180. The van der Waals surface area contributed by atoms with Gasteiger partial charge < -0.3 is 9.73 Å². The number of anilines is 1. The van der Waals surface area contributed by atoms with Crippen LogP contribution in [0.3, 0.4) is 0 Å². The van der Waals surface area contributed by atoms with Gasteiger partial charge in [-0.15, -0.1) is 0 Å². The highest BCUT2D eigenvalue weighted by Crippen LogP contribution is 2.21. The predicted molar refractivity (Wildman–Crippen MR) is 80.4 cm³/mol. The number of carbonyl (C=O) groups excluding carboxylic acids is 2. The lowest BCUT2D eigenvalue weighted by atomic mass is 10.1. The highest BCUT2D eigenvalue weighted by molar-refractivity contribution is 6.09. The largest absolute Gasteiger partial charge is 0.453 e. The third-order valence-corrected chi connectivity index (χ3v) is 3.12. The topological polar surface area (TPSA) is 59.3 Å². The zero-order valence-electron chi connectivity index (χ0n) is 11.4. The third kappa shape index (κ3) is 2.69. The maximum atomic E-state index is 12.4. The Morgan fingerprint density at radius 3 is 2.38 bits per heavy atom. The predicted octanol–water partition coefficient (Wildman–Crippen LogP) is 3.62. The second-order valence-electron chi connectivity index (χ2n) is 4.74. The van der Waals surface area contributed by atoms with Crippen molar-refractivity contribution in [1.82, 2.24) is 0 Å². The van der Waals surface area contributed by atoms with Crippen LogP contribution in [0.5, 0.6) is 0 Å². The van der Waals surface area contributed by atoms with E-state index in [1.807, 2.05) is 24.3 Å². The molecular weight excluding hydrogens is 266 g/mol. The SMILES string of the molecule is CC(=O)Nc1ccc(C(=O)c2cc3ccccc3o2)cc1. The number of furan rings is 1. The van der Waals surface area contributed by atoms with Gasteiger partial charge in [-0.2, -0.15) is 0 Å². The van der Waals surface area contributed by atoms with Gasteiger partial charge in [0.05, 0.1) is 0 Å². The molecule has 4 heteroatoms. The normalized spacial score (nSPS) is 10.5. The number of para-hydroxylation sites is 1. The van der Waals surface area contributed by atoms with Crippen LogP contribution in [0, 0.1) is 0 Å². The van der Waals surface area contributed by atoms with Crippen LogP contribution in [0.25, 0.3) is 11.0 Å². The lowest BCUT2D eigenvalue weighted by molar-refractivity contribution is -0.114. The van der Waals surface area contributed by atoms with Gasteiger partial charge in [0.1, 0.15) is 5.58 Å². The molecule has 0 saturated carbocycles. The molecule has 0 fully saturated rings. The molecule has 0 spiro atoms. The summed E-state index contributed by atoms with van der Waals surface area (Å²) in [6, 6.07) is 15.9. The molecule has 0 radical (unpaired) electrons. The molecule has 1 heterocycles. The third-order valence-electron chi connectivity index (χ3n) is 3.12. The molecular formula is C17H13NO3. The highest BCUT2D eigenvalue weighted by Gasteiger charge is 2.14. The number of carbonyl (C=O) groups is 2. The molecule has 4 nitrogen and oxygen atoms in total. The average molecular weight is 279 g/mol. The van der Waals surface area contributed by atoms with Crippen LogP contribution in [0.2, 0.25) is 0 Å². The molecule has 0 atom stereocenters. The summed E-state index contributed by atoms with van der Waals surface area (Å²) in [5, 5.41) is 3.56. The molecule has 3 aromatic rings. The Morgan fingerprint density at radius 2 is 1.71 bits per heavy atom. The molecule has 0 saturated heterocycles. The number of rotatable bonds is 3. The molecule has 0 aliphatic carbocycles. The summed E-state index contributed by atoms with van der Waals surface area (Å²) in [6.07, 6.45) is 0. The van der Waals surface area contributed by atoms with E-state index >= 15 is 0 Å². The molecule has 3 rings (SSSR count). The summed E-state index contributed by atoms with van der Waals surface area (Å²) in [5.74, 6) is -0.0181. The number of hydrogen-bond donors (Lipinski definition) is 1. The smallest absolute Gasteiger partial charge is 0.228 e. The molecule has 0 aliphatic heterocycles. The molecule has 1 aromatic heterocycles. The van der Waals surface area contributed by atoms with Gasteiger partial charge >= 0.3 is 0 Å². The molecule has 0 unspecified atom stereocenters. The van der Waals surface area contributed by atoms with Crippen LogP contribution < -0.4 is 5.32 Å². The van der Waals surface area contributed by atoms with Crippen molar-refractivity contribution in [3.8, 4) is 0 Å². The summed E-state index contributed by atoms with van der Waals surface area (Å²) in [4.78, 5) is 23.3. The van der Waals surface area contributed by atoms with Crippen LogP contribution in [0.1, 0.15) is 23.0 Å². The minimum absolute atomic E-state index is 0.147. The summed E-state index contributed by atoms with van der Waals surface area (Å²) in [6.45, 7) is 1.44. The first-order valence-corrected chi connectivity index (χ1v) is 6.54. The van der Waals surface area contributed by atoms with Gasteiger partial charge in [0.15, 0.2) is 5.76 Å². The minimum Gasteiger partial charge on any atom is -0.453 e. The van der Waals surface area contributed by atoms with Gasteiger partial charge in [-0.1, -0.05) is 18.2 Å². The number of hydrogen-bond acceptors (Lipinski definition) is 3. The van der Waals surface area contributed by atoms with E-state index in [-0.39, 0.29) is 11.7 Å². The first-order valence-electron chi connectivity index (χ1n) is 6.54. The van der Waals surface area contributed by atoms with Crippen molar-refractivity contribution in [2.75, 3.05) is 5.32 Å². The Hall–Kier alpha value is -2.88. The number of benzene rings is 2. The standard InChI is InChI=1S/C17H13NO3/c1-11(19)18-14-8-6-12(7-9-14)17(20)16-10-13-4-2-3-5-15(13)21-16/h2-10H,1H3,(H,18,19). The van der Waals surface area contributed by atoms with Crippen LogP contribution in [-0.2, 0) is 4.79 Å². The van der Waals surface area contributed by atoms with Gasteiger partial charge in [0.2, 0.25) is 11.7 Å². The Labute approximate surface area is 121 Å². The Balaban J connectivity index is 1.89. The van der Waals surface area contributed by atoms with Crippen molar-refractivity contribution in [3.05, 3.63) is 65.9 Å². The van der Waals surface area contributed by atoms with E-state index in [0.29, 0.717) is 22.6 Å². The fourth-order valence-corrected chi connectivity index (χ4v) is 2.14. The van der Waals surface area contributed by atoms with Crippen molar-refractivity contribution in [2.24, 2.45) is 0 Å². The number of amides is 1. The van der Waals surface area contributed by atoms with E-state index in [2.05, 4.69) is 5.32 Å². The molecule has 2 aromatic carbocycles. The second-order valence-corrected chi connectivity index (χ2v) is 4.74. The maximum Gasteiger partial charge on any atom is 0.228 e. The number of ketones is 1. The zero-order chi connectivity index (χ0) is 14.8. The van der Waals surface area contributed by atoms with E-state index in [0.717, 1.165) is 5.39 Å². The Bertz CT molecular complexity index is 782. The number of nitrogens with one attached hydrogen (secondary N) is 1. The second kappa shape index (κ2) is 5.25. The van der Waals surface area contributed by atoms with Crippen LogP contribution >= 0.6 is 0 Å². The fraction of sp³-hybridized carbons (Fsp3) is 0.0588. The van der Waals surface area contributed by atoms with E-state index in [1.54, 1.807) is 30.3 Å². The Morgan fingerprint density at radius 1 is 1.00 bits per heavy atom. The molecule has 21 heavy (non-hydrogen) atoms. The molecule has 1 N–H and O–H groups in total. The zero-order valence-corrected chi connectivity index (χ0v) is 11.4. The summed E-state index contributed by atoms with van der Waals surface area (Å²) in [7, 11) is 0. The lowest BCUT2D eigenvalue weighted by Gasteiger charge is -2.02. The van der Waals surface area contributed by atoms with Gasteiger partial charge in [-0.3, -0.25) is 9.59 Å². The first kappa shape index (κ1) is 13.1. The van der Waals surface area contributed by atoms with Crippen LogP contribution in [0.15, 0.2) is 59.0 Å². The van der Waals surface area contributed by atoms with E-state index in [9.17, 15) is 9.59 Å². The first-order chi connectivity index (χ1) is 10.1. The quantitative estimate of drug-likeness (QED) is 0.745. The van der Waals surface area contributed by atoms with Crippen LogP contribution in [0.4, 0.5) is 5.69 Å². The Kier molecular flexibility index (Phi) is 3.28. The van der Waals surface area contributed by atoms with Gasteiger partial charge in [-0.05, 0) is 36.4 Å². The number of fused-ring (bicyclic) bond motifs is 1. The molecule has 0 bridgehead atoms. The van der Waals surface area contributed by atoms with Gasteiger partial charge in [-0.25, -0.2) is 0 Å². The summed E-state index contributed by atoms with van der Waals surface area (Å²) in [5.41, 5.74) is 1.86. The highest BCUT2D eigenvalue weighted by atomic mass is 16.3. The average Bonchev–Trinajstić information content (AvgIpc) is 2.90. The van der Waals surface area contributed by atoms with Crippen molar-refractivity contribution < 1.29 is 14.0 Å². The van der Waals surface area contributed by atoms with E-state index in [4.69, 9.17) is 4.42 Å². The van der Waals surface area contributed by atoms with E-state index in [1.165, 1.54) is 6.92 Å². The van der Waals surface area contributed by atoms with Crippen molar-refractivity contribution >= 4 is 28.3 Å². The summed E-state index contributed by atoms with van der Waals surface area (Å²) < 4.78 is 5.56. The van der Waals surface area contributed by atoms with Crippen LogP contribution in [-0.4, -0.2) is 11.7 Å². The monoisotopic (exact) mass is 279 g/mol. The molecule has 0 aliphatic rings. The van der Waals surface area contributed by atoms with Gasteiger partial charge in [0.25, 0.3) is 0 Å². The molecule has 1 amide bonds. The maximum absolute atomic E-state index is 12.4. The van der Waals surface area contributed by atoms with E-state index < -0.39 is 0 Å².